The maximum Gasteiger partial charge on any atom is 0.328 e. The number of esters is 1. The molecule has 0 amide bonds. The molecule has 19 heavy (non-hydrogen) atoms. The van der Waals surface area contributed by atoms with Crippen LogP contribution in [-0.4, -0.2) is 11.6 Å². The molecule has 0 aliphatic heterocycles. The average molecular weight is 257 g/mol. The second-order valence-corrected chi connectivity index (χ2v) is 5.62. The number of ether oxygens (including phenoxy) is 1. The van der Waals surface area contributed by atoms with Gasteiger partial charge in [0.2, 0.25) is 0 Å². The predicted molar refractivity (Wildman–Crippen MR) is 76.7 cm³/mol. The molecule has 2 rings (SSSR count). The highest BCUT2D eigenvalue weighted by Gasteiger charge is 2.23. The number of rotatable bonds is 2. The van der Waals surface area contributed by atoms with Crippen LogP contribution in [0, 0.1) is 0 Å². The van der Waals surface area contributed by atoms with Gasteiger partial charge in [0.1, 0.15) is 11.6 Å². The lowest BCUT2D eigenvalue weighted by atomic mass is 10.0. The van der Waals surface area contributed by atoms with Crippen LogP contribution >= 0.6 is 0 Å². The van der Waals surface area contributed by atoms with E-state index >= 15 is 0 Å². The van der Waals surface area contributed by atoms with Gasteiger partial charge in [0.25, 0.3) is 0 Å². The highest BCUT2D eigenvalue weighted by molar-refractivity contribution is 5.85. The van der Waals surface area contributed by atoms with Crippen LogP contribution in [0.4, 0.5) is 0 Å². The summed E-state index contributed by atoms with van der Waals surface area (Å²) in [4.78, 5) is 11.9. The number of carbonyl (C=O) groups is 1. The fraction of sp³-hybridized carbons (Fsp3) is 0.312. The lowest BCUT2D eigenvalue weighted by molar-refractivity contribution is -0.156. The van der Waals surface area contributed by atoms with Crippen LogP contribution < -0.4 is 5.73 Å². The van der Waals surface area contributed by atoms with Crippen molar-refractivity contribution in [2.75, 3.05) is 0 Å². The maximum atomic E-state index is 11.9. The molecular formula is C16H19NO2. The first-order chi connectivity index (χ1) is 8.87. The normalized spacial score (nSPS) is 13.3. The van der Waals surface area contributed by atoms with Crippen LogP contribution in [-0.2, 0) is 9.53 Å². The van der Waals surface area contributed by atoms with Crippen molar-refractivity contribution in [3.63, 3.8) is 0 Å². The zero-order chi connectivity index (χ0) is 14.0. The van der Waals surface area contributed by atoms with Gasteiger partial charge in [-0.1, -0.05) is 36.4 Å². The van der Waals surface area contributed by atoms with Crippen molar-refractivity contribution in [1.82, 2.24) is 0 Å². The Morgan fingerprint density at radius 2 is 1.74 bits per heavy atom. The van der Waals surface area contributed by atoms with Crippen LogP contribution in [0.3, 0.4) is 0 Å². The van der Waals surface area contributed by atoms with Gasteiger partial charge >= 0.3 is 5.97 Å². The molecule has 0 fully saturated rings. The zero-order valence-corrected chi connectivity index (χ0v) is 11.5. The topological polar surface area (TPSA) is 52.3 Å². The molecule has 0 saturated carbocycles. The summed E-state index contributed by atoms with van der Waals surface area (Å²) in [5, 5.41) is 2.20. The van der Waals surface area contributed by atoms with Gasteiger partial charge in [0.15, 0.2) is 0 Å². The number of carbonyl (C=O) groups excluding carboxylic acids is 1. The van der Waals surface area contributed by atoms with Gasteiger partial charge in [-0.05, 0) is 43.2 Å². The van der Waals surface area contributed by atoms with Crippen LogP contribution in [0.15, 0.2) is 42.5 Å². The van der Waals surface area contributed by atoms with Crippen LogP contribution in [0.2, 0.25) is 0 Å². The van der Waals surface area contributed by atoms with Gasteiger partial charge < -0.3 is 10.5 Å². The second-order valence-electron chi connectivity index (χ2n) is 5.62. The molecule has 0 unspecified atom stereocenters. The quantitative estimate of drug-likeness (QED) is 0.841. The first-order valence-corrected chi connectivity index (χ1v) is 6.34. The largest absolute Gasteiger partial charge is 0.459 e. The predicted octanol–water partition coefficient (Wildman–Crippen LogP) is 3.18. The summed E-state index contributed by atoms with van der Waals surface area (Å²) in [5.74, 6) is -0.400. The SMILES string of the molecule is CC(C)(C)OC(=O)[C@H](N)c1ccc2ccccc2c1. The van der Waals surface area contributed by atoms with Gasteiger partial charge in [-0.25, -0.2) is 4.79 Å². The number of hydrogen-bond donors (Lipinski definition) is 1. The van der Waals surface area contributed by atoms with E-state index in [0.29, 0.717) is 0 Å². The van der Waals surface area contributed by atoms with Crippen molar-refractivity contribution >= 4 is 16.7 Å². The Kier molecular flexibility index (Phi) is 3.58. The lowest BCUT2D eigenvalue weighted by Gasteiger charge is -2.22. The average Bonchev–Trinajstić information content (AvgIpc) is 2.35. The first-order valence-electron chi connectivity index (χ1n) is 6.34. The Morgan fingerprint density at radius 1 is 1.11 bits per heavy atom. The van der Waals surface area contributed by atoms with Crippen molar-refractivity contribution < 1.29 is 9.53 Å². The minimum Gasteiger partial charge on any atom is -0.459 e. The first kappa shape index (κ1) is 13.6. The lowest BCUT2D eigenvalue weighted by Crippen LogP contribution is -2.31. The molecule has 100 valence electrons. The molecular weight excluding hydrogens is 238 g/mol. The summed E-state index contributed by atoms with van der Waals surface area (Å²) in [7, 11) is 0. The molecule has 0 aromatic heterocycles. The third kappa shape index (κ3) is 3.32. The van der Waals surface area contributed by atoms with Crippen LogP contribution in [0.1, 0.15) is 32.4 Å². The molecule has 2 aromatic rings. The standard InChI is InChI=1S/C16H19NO2/c1-16(2,3)19-15(18)14(17)13-9-8-11-6-4-5-7-12(11)10-13/h4-10,14H,17H2,1-3H3/t14-/m1/s1. The van der Waals surface area contributed by atoms with Crippen molar-refractivity contribution in [1.29, 1.82) is 0 Å². The van der Waals surface area contributed by atoms with Gasteiger partial charge in [0, 0.05) is 0 Å². The molecule has 2 aromatic carbocycles. The van der Waals surface area contributed by atoms with Crippen molar-refractivity contribution in [2.24, 2.45) is 5.73 Å². The van der Waals surface area contributed by atoms with E-state index in [2.05, 4.69) is 0 Å². The third-order valence-corrected chi connectivity index (χ3v) is 2.79. The summed E-state index contributed by atoms with van der Waals surface area (Å²) in [5.41, 5.74) is 6.21. The fourth-order valence-electron chi connectivity index (χ4n) is 1.90. The monoisotopic (exact) mass is 257 g/mol. The highest BCUT2D eigenvalue weighted by Crippen LogP contribution is 2.21. The van der Waals surface area contributed by atoms with E-state index in [1.54, 1.807) is 0 Å². The summed E-state index contributed by atoms with van der Waals surface area (Å²) in [6, 6.07) is 13.0. The molecule has 0 radical (unpaired) electrons. The van der Waals surface area contributed by atoms with E-state index in [9.17, 15) is 4.79 Å². The van der Waals surface area contributed by atoms with Crippen molar-refractivity contribution in [2.45, 2.75) is 32.4 Å². The Bertz CT molecular complexity index is 599. The molecule has 0 heterocycles. The zero-order valence-electron chi connectivity index (χ0n) is 11.5. The van der Waals surface area contributed by atoms with Gasteiger partial charge in [-0.3, -0.25) is 0 Å². The molecule has 0 spiro atoms. The number of nitrogens with two attached hydrogens (primary N) is 1. The molecule has 0 aliphatic rings. The van der Waals surface area contributed by atoms with E-state index in [-0.39, 0.29) is 0 Å². The minimum atomic E-state index is -0.746. The number of hydrogen-bond acceptors (Lipinski definition) is 3. The van der Waals surface area contributed by atoms with Crippen molar-refractivity contribution in [3.05, 3.63) is 48.0 Å². The molecule has 3 nitrogen and oxygen atoms in total. The fourth-order valence-corrected chi connectivity index (χ4v) is 1.90. The van der Waals surface area contributed by atoms with Gasteiger partial charge in [-0.15, -0.1) is 0 Å². The van der Waals surface area contributed by atoms with E-state index in [1.165, 1.54) is 0 Å². The summed E-state index contributed by atoms with van der Waals surface area (Å²) in [6.45, 7) is 5.49. The molecule has 0 aliphatic carbocycles. The summed E-state index contributed by atoms with van der Waals surface area (Å²) < 4.78 is 5.30. The highest BCUT2D eigenvalue weighted by atomic mass is 16.6. The number of fused-ring (bicyclic) bond motifs is 1. The summed E-state index contributed by atoms with van der Waals surface area (Å²) in [6.07, 6.45) is 0. The smallest absolute Gasteiger partial charge is 0.328 e. The Hall–Kier alpha value is -1.87. The van der Waals surface area contributed by atoms with Crippen LogP contribution in [0.25, 0.3) is 10.8 Å². The number of benzene rings is 2. The van der Waals surface area contributed by atoms with E-state index in [0.717, 1.165) is 16.3 Å². The molecule has 0 bridgehead atoms. The minimum absolute atomic E-state index is 0.400. The third-order valence-electron chi connectivity index (χ3n) is 2.79. The maximum absolute atomic E-state index is 11.9. The second kappa shape index (κ2) is 5.02. The molecule has 1 atom stereocenters. The summed E-state index contributed by atoms with van der Waals surface area (Å²) >= 11 is 0. The Labute approximate surface area is 113 Å². The van der Waals surface area contributed by atoms with E-state index < -0.39 is 17.6 Å². The van der Waals surface area contributed by atoms with E-state index in [4.69, 9.17) is 10.5 Å². The van der Waals surface area contributed by atoms with Crippen molar-refractivity contribution in [3.8, 4) is 0 Å². The molecule has 0 saturated heterocycles. The Balaban J connectivity index is 2.26. The van der Waals surface area contributed by atoms with Gasteiger partial charge in [0.05, 0.1) is 0 Å². The Morgan fingerprint density at radius 3 is 2.37 bits per heavy atom. The molecule has 3 heteroatoms. The van der Waals surface area contributed by atoms with E-state index in [1.807, 2.05) is 63.2 Å². The van der Waals surface area contributed by atoms with Gasteiger partial charge in [-0.2, -0.15) is 0 Å². The van der Waals surface area contributed by atoms with Crippen LogP contribution in [0.5, 0.6) is 0 Å². The molecule has 2 N–H and O–H groups in total.